The Morgan fingerprint density at radius 1 is 1.25 bits per heavy atom. The van der Waals surface area contributed by atoms with E-state index in [1.54, 1.807) is 17.7 Å². The molecule has 1 atom stereocenters. The van der Waals surface area contributed by atoms with E-state index in [4.69, 9.17) is 0 Å². The van der Waals surface area contributed by atoms with E-state index < -0.39 is 0 Å². The number of thiophene rings is 1. The number of aromatic nitrogens is 2. The lowest BCUT2D eigenvalue weighted by Gasteiger charge is -2.26. The van der Waals surface area contributed by atoms with Gasteiger partial charge in [0.2, 0.25) is 5.91 Å². The predicted molar refractivity (Wildman–Crippen MR) is 97.3 cm³/mol. The van der Waals surface area contributed by atoms with Crippen molar-refractivity contribution in [2.24, 2.45) is 0 Å². The van der Waals surface area contributed by atoms with E-state index in [9.17, 15) is 4.79 Å². The number of nitrogens with one attached hydrogen (secondary N) is 1. The number of nitrogens with zero attached hydrogens (tertiary/aromatic N) is 3. The van der Waals surface area contributed by atoms with Gasteiger partial charge in [0.15, 0.2) is 0 Å². The molecular formula is C18H18N4OS. The van der Waals surface area contributed by atoms with Gasteiger partial charge >= 0.3 is 0 Å². The fourth-order valence-electron chi connectivity index (χ4n) is 3.05. The zero-order chi connectivity index (χ0) is 16.5. The number of hydrogen-bond acceptors (Lipinski definition) is 5. The van der Waals surface area contributed by atoms with E-state index in [-0.39, 0.29) is 11.9 Å². The first-order chi connectivity index (χ1) is 11.7. The lowest BCUT2D eigenvalue weighted by Crippen LogP contribution is -2.42. The summed E-state index contributed by atoms with van der Waals surface area (Å²) in [5.74, 6) is 0.903. The van der Waals surface area contributed by atoms with Gasteiger partial charge in [-0.05, 0) is 25.0 Å². The normalized spacial score (nSPS) is 18.5. The lowest BCUT2D eigenvalue weighted by molar-refractivity contribution is -0.121. The van der Waals surface area contributed by atoms with E-state index in [1.165, 1.54) is 10.4 Å². The quantitative estimate of drug-likeness (QED) is 0.780. The molecule has 1 aliphatic heterocycles. The van der Waals surface area contributed by atoms with Gasteiger partial charge in [0.1, 0.15) is 23.0 Å². The molecule has 3 heterocycles. The SMILES string of the molecule is CC1C(=O)NCCCN1c1ncnc2sc(-c3ccccc3)cc12. The van der Waals surface area contributed by atoms with Crippen molar-refractivity contribution in [2.75, 3.05) is 18.0 Å². The molecule has 4 rings (SSSR count). The standard InChI is InChI=1S/C18H18N4OS/c1-12-17(23)19-8-5-9-22(12)16-14-10-15(13-6-3-2-4-7-13)24-18(14)21-11-20-16/h2-4,6-7,10-12H,5,8-9H2,1H3,(H,19,23). The summed E-state index contributed by atoms with van der Waals surface area (Å²) in [6.07, 6.45) is 2.51. The van der Waals surface area contributed by atoms with Gasteiger partial charge in [-0.3, -0.25) is 4.79 Å². The van der Waals surface area contributed by atoms with Crippen LogP contribution in [-0.2, 0) is 4.79 Å². The number of amides is 1. The van der Waals surface area contributed by atoms with Crippen LogP contribution < -0.4 is 10.2 Å². The number of benzene rings is 1. The van der Waals surface area contributed by atoms with Gasteiger partial charge in [-0.1, -0.05) is 30.3 Å². The highest BCUT2D eigenvalue weighted by Gasteiger charge is 2.26. The molecule has 1 saturated heterocycles. The Labute approximate surface area is 144 Å². The molecule has 0 bridgehead atoms. The molecular weight excluding hydrogens is 320 g/mol. The van der Waals surface area contributed by atoms with Crippen molar-refractivity contribution in [1.29, 1.82) is 0 Å². The maximum Gasteiger partial charge on any atom is 0.242 e. The summed E-state index contributed by atoms with van der Waals surface area (Å²) in [7, 11) is 0. The molecule has 0 radical (unpaired) electrons. The summed E-state index contributed by atoms with van der Waals surface area (Å²) in [6.45, 7) is 3.45. The number of carbonyl (C=O) groups is 1. The molecule has 0 spiro atoms. The van der Waals surface area contributed by atoms with Gasteiger partial charge in [-0.15, -0.1) is 11.3 Å². The molecule has 2 aromatic heterocycles. The Morgan fingerprint density at radius 3 is 2.92 bits per heavy atom. The maximum atomic E-state index is 12.2. The van der Waals surface area contributed by atoms with Crippen molar-refractivity contribution >= 4 is 33.3 Å². The smallest absolute Gasteiger partial charge is 0.242 e. The van der Waals surface area contributed by atoms with Crippen LogP contribution in [0.4, 0.5) is 5.82 Å². The molecule has 1 aliphatic rings. The van der Waals surface area contributed by atoms with Crippen LogP contribution in [0.25, 0.3) is 20.7 Å². The molecule has 1 unspecified atom stereocenters. The highest BCUT2D eigenvalue weighted by Crippen LogP contribution is 2.36. The molecule has 0 aliphatic carbocycles. The third-order valence-corrected chi connectivity index (χ3v) is 5.45. The molecule has 1 fully saturated rings. The van der Waals surface area contributed by atoms with E-state index in [1.807, 2.05) is 25.1 Å². The third kappa shape index (κ3) is 2.63. The van der Waals surface area contributed by atoms with Crippen LogP contribution in [0.2, 0.25) is 0 Å². The Morgan fingerprint density at radius 2 is 2.08 bits per heavy atom. The second kappa shape index (κ2) is 6.20. The van der Waals surface area contributed by atoms with Crippen molar-refractivity contribution < 1.29 is 4.79 Å². The Hall–Kier alpha value is -2.47. The highest BCUT2D eigenvalue weighted by atomic mass is 32.1. The van der Waals surface area contributed by atoms with Gasteiger partial charge in [-0.2, -0.15) is 0 Å². The van der Waals surface area contributed by atoms with Crippen LogP contribution in [0, 0.1) is 0 Å². The first kappa shape index (κ1) is 15.1. The van der Waals surface area contributed by atoms with E-state index in [2.05, 4.69) is 38.4 Å². The van der Waals surface area contributed by atoms with E-state index >= 15 is 0 Å². The zero-order valence-electron chi connectivity index (χ0n) is 13.4. The average molecular weight is 338 g/mol. The minimum Gasteiger partial charge on any atom is -0.354 e. The third-order valence-electron chi connectivity index (χ3n) is 4.36. The molecule has 24 heavy (non-hydrogen) atoms. The van der Waals surface area contributed by atoms with Crippen LogP contribution in [0.1, 0.15) is 13.3 Å². The first-order valence-electron chi connectivity index (χ1n) is 8.08. The first-order valence-corrected chi connectivity index (χ1v) is 8.90. The molecule has 6 heteroatoms. The van der Waals surface area contributed by atoms with Crippen LogP contribution in [0.3, 0.4) is 0 Å². The largest absolute Gasteiger partial charge is 0.354 e. The van der Waals surface area contributed by atoms with Crippen LogP contribution in [0.5, 0.6) is 0 Å². The maximum absolute atomic E-state index is 12.2. The summed E-state index contributed by atoms with van der Waals surface area (Å²) in [5.41, 5.74) is 1.17. The number of rotatable bonds is 2. The fourth-order valence-corrected chi connectivity index (χ4v) is 4.05. The van der Waals surface area contributed by atoms with Crippen molar-refractivity contribution in [3.63, 3.8) is 0 Å². The van der Waals surface area contributed by atoms with Gasteiger partial charge in [-0.25, -0.2) is 9.97 Å². The number of anilines is 1. The molecule has 5 nitrogen and oxygen atoms in total. The van der Waals surface area contributed by atoms with Crippen molar-refractivity contribution in [2.45, 2.75) is 19.4 Å². The molecule has 1 aromatic carbocycles. The zero-order valence-corrected chi connectivity index (χ0v) is 14.2. The average Bonchev–Trinajstić information content (AvgIpc) is 2.99. The molecule has 1 amide bonds. The Bertz CT molecular complexity index is 877. The molecule has 122 valence electrons. The van der Waals surface area contributed by atoms with Gasteiger partial charge < -0.3 is 10.2 Å². The Kier molecular flexibility index (Phi) is 3.90. The van der Waals surface area contributed by atoms with Crippen molar-refractivity contribution in [3.05, 3.63) is 42.7 Å². The Balaban J connectivity index is 1.81. The summed E-state index contributed by atoms with van der Waals surface area (Å²) >= 11 is 1.66. The fraction of sp³-hybridized carbons (Fsp3) is 0.278. The monoisotopic (exact) mass is 338 g/mol. The van der Waals surface area contributed by atoms with Crippen LogP contribution in [-0.4, -0.2) is 35.0 Å². The summed E-state index contributed by atoms with van der Waals surface area (Å²) in [4.78, 5) is 25.3. The predicted octanol–water partition coefficient (Wildman–Crippen LogP) is 3.07. The summed E-state index contributed by atoms with van der Waals surface area (Å²) in [6, 6.07) is 12.2. The molecule has 1 N–H and O–H groups in total. The number of carbonyl (C=O) groups excluding carboxylic acids is 1. The second-order valence-electron chi connectivity index (χ2n) is 5.91. The summed E-state index contributed by atoms with van der Waals surface area (Å²) in [5, 5.41) is 3.97. The van der Waals surface area contributed by atoms with E-state index in [0.717, 1.165) is 29.0 Å². The second-order valence-corrected chi connectivity index (χ2v) is 6.94. The topological polar surface area (TPSA) is 58.1 Å². The van der Waals surface area contributed by atoms with Crippen molar-refractivity contribution in [1.82, 2.24) is 15.3 Å². The summed E-state index contributed by atoms with van der Waals surface area (Å²) < 4.78 is 0. The van der Waals surface area contributed by atoms with E-state index in [0.29, 0.717) is 6.54 Å². The van der Waals surface area contributed by atoms with Gasteiger partial charge in [0.25, 0.3) is 0 Å². The highest BCUT2D eigenvalue weighted by molar-refractivity contribution is 7.21. The number of fused-ring (bicyclic) bond motifs is 1. The minimum atomic E-state index is -0.231. The lowest BCUT2D eigenvalue weighted by atomic mass is 10.1. The van der Waals surface area contributed by atoms with Gasteiger partial charge in [0, 0.05) is 18.0 Å². The molecule has 3 aromatic rings. The van der Waals surface area contributed by atoms with Crippen LogP contribution >= 0.6 is 11.3 Å². The van der Waals surface area contributed by atoms with Crippen molar-refractivity contribution in [3.8, 4) is 10.4 Å². The minimum absolute atomic E-state index is 0.0535. The van der Waals surface area contributed by atoms with Gasteiger partial charge in [0.05, 0.1) is 5.39 Å². The number of hydrogen-bond donors (Lipinski definition) is 1. The van der Waals surface area contributed by atoms with Crippen LogP contribution in [0.15, 0.2) is 42.7 Å². The molecule has 0 saturated carbocycles.